The number of rotatable bonds is 17. The predicted molar refractivity (Wildman–Crippen MR) is 207 cm³/mol. The third-order valence-corrected chi connectivity index (χ3v) is 10.6. The molecule has 3 aromatic rings. The van der Waals surface area contributed by atoms with Crippen LogP contribution in [0.15, 0.2) is 78.9 Å². The summed E-state index contributed by atoms with van der Waals surface area (Å²) >= 11 is 0. The summed E-state index contributed by atoms with van der Waals surface area (Å²) in [6.45, 7) is 1.28. The van der Waals surface area contributed by atoms with Gasteiger partial charge in [0, 0.05) is 32.0 Å². The third kappa shape index (κ3) is 11.5. The van der Waals surface area contributed by atoms with E-state index in [1.807, 2.05) is 36.4 Å². The summed E-state index contributed by atoms with van der Waals surface area (Å²) in [4.78, 5) is 26.6. The molecule has 0 amide bonds. The molecule has 2 aliphatic carbocycles. The number of carbonyl (C=O) groups excluding carboxylic acids is 2. The van der Waals surface area contributed by atoms with E-state index < -0.39 is 29.7 Å². The number of ketones is 2. The van der Waals surface area contributed by atoms with Crippen molar-refractivity contribution in [3.8, 4) is 11.5 Å². The molecule has 0 aliphatic heterocycles. The molecular formula is C43H54N2O8. The summed E-state index contributed by atoms with van der Waals surface area (Å²) in [5, 5.41) is 22.6. The zero-order valence-electron chi connectivity index (χ0n) is 30.8. The Labute approximate surface area is 312 Å². The number of carbonyl (C=O) groups is 2. The van der Waals surface area contributed by atoms with Crippen molar-refractivity contribution >= 4 is 35.1 Å². The smallest absolute Gasteiger partial charge is 0.235 e. The molecule has 0 aromatic heterocycles. The first-order valence-corrected chi connectivity index (χ1v) is 18.6. The molecule has 284 valence electrons. The molecule has 5 rings (SSSR count). The molecule has 2 aliphatic rings. The largest absolute Gasteiger partial charge is 0.493 e. The monoisotopic (exact) mass is 726 g/mol. The Bertz CT molecular complexity index is 1690. The van der Waals surface area contributed by atoms with Gasteiger partial charge in [0.05, 0.1) is 31.3 Å². The normalized spacial score (nSPS) is 21.4. The van der Waals surface area contributed by atoms with Crippen LogP contribution in [0, 0.1) is 11.8 Å². The van der Waals surface area contributed by atoms with E-state index in [2.05, 4.69) is 0 Å². The third-order valence-electron chi connectivity index (χ3n) is 10.6. The van der Waals surface area contributed by atoms with Gasteiger partial charge in [-0.15, -0.1) is 0 Å². The van der Waals surface area contributed by atoms with Crippen molar-refractivity contribution < 1.29 is 38.7 Å². The summed E-state index contributed by atoms with van der Waals surface area (Å²) in [6, 6.07) is 19.1. The molecule has 2 saturated carbocycles. The van der Waals surface area contributed by atoms with Gasteiger partial charge in [0.25, 0.3) is 0 Å². The van der Waals surface area contributed by atoms with Gasteiger partial charge in [-0.05, 0) is 128 Å². The molecule has 0 radical (unpaired) electrons. The van der Waals surface area contributed by atoms with Gasteiger partial charge in [-0.3, -0.25) is 9.59 Å². The lowest BCUT2D eigenvalue weighted by atomic mass is 9.82. The highest BCUT2D eigenvalue weighted by atomic mass is 16.5. The molecule has 1 unspecified atom stereocenters. The minimum atomic E-state index is -2.95. The van der Waals surface area contributed by atoms with Crippen LogP contribution in [0.5, 0.6) is 11.5 Å². The number of hydrogen-bond acceptors (Lipinski definition) is 10. The Morgan fingerprint density at radius 2 is 1.19 bits per heavy atom. The fraction of sp³-hybridized carbons (Fsp3) is 0.442. The number of anilines is 2. The first-order valence-electron chi connectivity index (χ1n) is 18.6. The summed E-state index contributed by atoms with van der Waals surface area (Å²) < 4.78 is 22.9. The molecule has 10 nitrogen and oxygen atoms in total. The van der Waals surface area contributed by atoms with Crippen LogP contribution < -0.4 is 20.9 Å². The molecule has 10 heteroatoms. The Hall–Kier alpha value is -4.48. The fourth-order valence-electron chi connectivity index (χ4n) is 7.15. The number of allylic oxidation sites excluding steroid dienone is 1. The summed E-state index contributed by atoms with van der Waals surface area (Å²) in [5.41, 5.74) is 14.3. The van der Waals surface area contributed by atoms with Crippen molar-refractivity contribution in [2.45, 2.75) is 81.7 Å². The van der Waals surface area contributed by atoms with Crippen molar-refractivity contribution in [2.24, 2.45) is 11.8 Å². The number of ether oxygens (including phenoxy) is 4. The van der Waals surface area contributed by atoms with Gasteiger partial charge >= 0.3 is 0 Å². The number of hydrogen-bond donors (Lipinski definition) is 4. The molecule has 0 spiro atoms. The molecule has 6 N–H and O–H groups in total. The number of nitrogen functional groups attached to an aromatic ring is 2. The van der Waals surface area contributed by atoms with E-state index in [-0.39, 0.29) is 11.3 Å². The Morgan fingerprint density at radius 1 is 0.717 bits per heavy atom. The lowest BCUT2D eigenvalue weighted by Crippen LogP contribution is -2.44. The number of nitrogens with two attached hydrogens (primary N) is 2. The van der Waals surface area contributed by atoms with Gasteiger partial charge in [-0.1, -0.05) is 42.5 Å². The SMILES string of the molecule is COC1CCC(COc2ccc(C=CC(=O)CC(c3ccc(N)cc3N)C(O)(O)C(=O)C=Cc3ccc(OCC4CCC(OC)CC4)cc3)cc2)CC1. The highest BCUT2D eigenvalue weighted by Crippen LogP contribution is 2.36. The zero-order chi connectivity index (χ0) is 37.8. The van der Waals surface area contributed by atoms with Crippen LogP contribution in [0.1, 0.15) is 80.4 Å². The molecule has 53 heavy (non-hydrogen) atoms. The molecule has 0 heterocycles. The number of methoxy groups -OCH3 is 2. The van der Waals surface area contributed by atoms with E-state index in [1.54, 1.807) is 32.4 Å². The first kappa shape index (κ1) is 39.7. The molecular weight excluding hydrogens is 672 g/mol. The highest BCUT2D eigenvalue weighted by Gasteiger charge is 2.43. The quantitative estimate of drug-likeness (QED) is 0.0666. The van der Waals surface area contributed by atoms with Crippen molar-refractivity contribution in [3.63, 3.8) is 0 Å². The van der Waals surface area contributed by atoms with Gasteiger partial charge in [0.2, 0.25) is 11.6 Å². The van der Waals surface area contributed by atoms with E-state index in [4.69, 9.17) is 30.4 Å². The molecule has 0 bridgehead atoms. The van der Waals surface area contributed by atoms with Crippen LogP contribution in [-0.2, 0) is 19.1 Å². The number of aliphatic hydroxyl groups is 2. The second-order valence-electron chi connectivity index (χ2n) is 14.4. The minimum absolute atomic E-state index is 0.140. The lowest BCUT2D eigenvalue weighted by molar-refractivity contribution is -0.187. The minimum Gasteiger partial charge on any atom is -0.493 e. The number of benzene rings is 3. The van der Waals surface area contributed by atoms with Crippen LogP contribution in [0.2, 0.25) is 0 Å². The summed E-state index contributed by atoms with van der Waals surface area (Å²) in [6.07, 6.45) is 14.3. The zero-order valence-corrected chi connectivity index (χ0v) is 30.8. The average Bonchev–Trinajstić information content (AvgIpc) is 3.18. The maximum absolute atomic E-state index is 13.4. The standard InChI is InChI=1S/C43H54N2O8/c1-50-35-15-8-31(9-16-35)27-52-37-19-4-29(5-20-37)3-14-34(46)26-40(39-23-13-33(44)25-41(39)45)43(48,49)42(47)24-12-30-6-21-38(22-7-30)53-28-32-10-17-36(51-2)18-11-32/h3-7,12-14,19-25,31-32,35-36,40,48-49H,8-11,15-18,26-28,44-45H2,1-2H3. The second-order valence-corrected chi connectivity index (χ2v) is 14.4. The maximum Gasteiger partial charge on any atom is 0.235 e. The van der Waals surface area contributed by atoms with Crippen molar-refractivity contribution in [2.75, 3.05) is 38.9 Å². The van der Waals surface area contributed by atoms with E-state index in [0.717, 1.165) is 68.8 Å². The molecule has 3 aromatic carbocycles. The fourth-order valence-corrected chi connectivity index (χ4v) is 7.15. The molecule has 0 saturated heterocycles. The van der Waals surface area contributed by atoms with Gasteiger partial charge < -0.3 is 40.6 Å². The van der Waals surface area contributed by atoms with Gasteiger partial charge in [-0.25, -0.2) is 0 Å². The topological polar surface area (TPSA) is 164 Å². The van der Waals surface area contributed by atoms with E-state index >= 15 is 0 Å². The molecule has 2 fully saturated rings. The van der Waals surface area contributed by atoms with E-state index in [0.29, 0.717) is 54.3 Å². The van der Waals surface area contributed by atoms with Crippen LogP contribution in [0.4, 0.5) is 11.4 Å². The first-order chi connectivity index (χ1) is 25.5. The average molecular weight is 727 g/mol. The predicted octanol–water partition coefficient (Wildman–Crippen LogP) is 6.74. The second kappa shape index (κ2) is 19.0. The van der Waals surface area contributed by atoms with Gasteiger partial charge in [-0.2, -0.15) is 0 Å². The Morgan fingerprint density at radius 3 is 1.64 bits per heavy atom. The van der Waals surface area contributed by atoms with Crippen LogP contribution >= 0.6 is 0 Å². The van der Waals surface area contributed by atoms with E-state index in [9.17, 15) is 19.8 Å². The summed E-state index contributed by atoms with van der Waals surface area (Å²) in [5.74, 6) is -3.29. The van der Waals surface area contributed by atoms with Crippen LogP contribution in [0.3, 0.4) is 0 Å². The Kier molecular flexibility index (Phi) is 14.3. The Balaban J connectivity index is 1.19. The summed E-state index contributed by atoms with van der Waals surface area (Å²) in [7, 11) is 3.52. The molecule has 1 atom stereocenters. The maximum atomic E-state index is 13.4. The lowest BCUT2D eigenvalue weighted by Gasteiger charge is -2.30. The van der Waals surface area contributed by atoms with Crippen LogP contribution in [0.25, 0.3) is 12.2 Å². The highest BCUT2D eigenvalue weighted by molar-refractivity contribution is 6.01. The van der Waals surface area contributed by atoms with Gasteiger partial charge in [0.15, 0.2) is 5.78 Å². The van der Waals surface area contributed by atoms with Crippen LogP contribution in [-0.4, -0.2) is 67.2 Å². The van der Waals surface area contributed by atoms with Crippen molar-refractivity contribution in [3.05, 3.63) is 95.6 Å². The van der Waals surface area contributed by atoms with Crippen molar-refractivity contribution in [1.82, 2.24) is 0 Å². The van der Waals surface area contributed by atoms with Crippen molar-refractivity contribution in [1.29, 1.82) is 0 Å². The van der Waals surface area contributed by atoms with Gasteiger partial charge in [0.1, 0.15) is 11.5 Å². The van der Waals surface area contributed by atoms with E-state index in [1.165, 1.54) is 30.4 Å².